The van der Waals surface area contributed by atoms with Crippen LogP contribution in [0.3, 0.4) is 0 Å². The maximum Gasteiger partial charge on any atom is 0.255 e. The van der Waals surface area contributed by atoms with Crippen molar-refractivity contribution >= 4 is 27.5 Å². The maximum atomic E-state index is 12.0. The lowest BCUT2D eigenvalue weighted by Gasteiger charge is -2.08. The number of anilines is 1. The van der Waals surface area contributed by atoms with Crippen molar-refractivity contribution in [2.75, 3.05) is 5.32 Å². The summed E-state index contributed by atoms with van der Waals surface area (Å²) in [5.74, 6) is -0.137. The van der Waals surface area contributed by atoms with E-state index in [0.29, 0.717) is 21.3 Å². The summed E-state index contributed by atoms with van der Waals surface area (Å²) in [7, 11) is 0. The molecule has 0 aliphatic carbocycles. The van der Waals surface area contributed by atoms with Crippen molar-refractivity contribution in [1.82, 2.24) is 0 Å². The van der Waals surface area contributed by atoms with Crippen molar-refractivity contribution in [1.29, 1.82) is 0 Å². The number of aryl methyl sites for hydroxylation is 1. The van der Waals surface area contributed by atoms with Gasteiger partial charge in [-0.2, -0.15) is 0 Å². The van der Waals surface area contributed by atoms with Gasteiger partial charge in [0.25, 0.3) is 5.91 Å². The van der Waals surface area contributed by atoms with E-state index in [1.807, 2.05) is 0 Å². The molecule has 98 valence electrons. The Morgan fingerprint density at radius 3 is 2.47 bits per heavy atom. The number of hydrogen-bond donors (Lipinski definition) is 3. The van der Waals surface area contributed by atoms with E-state index in [2.05, 4.69) is 21.2 Å². The summed E-state index contributed by atoms with van der Waals surface area (Å²) in [5, 5.41) is 21.6. The molecular weight excluding hydrogens is 310 g/mol. The molecule has 0 radical (unpaired) electrons. The molecule has 19 heavy (non-hydrogen) atoms. The Morgan fingerprint density at radius 1 is 1.11 bits per heavy atom. The van der Waals surface area contributed by atoms with Gasteiger partial charge >= 0.3 is 0 Å². The zero-order chi connectivity index (χ0) is 14.0. The first kappa shape index (κ1) is 13.4. The van der Waals surface area contributed by atoms with Crippen LogP contribution in [0, 0.1) is 6.92 Å². The van der Waals surface area contributed by atoms with Crippen LogP contribution in [0.4, 0.5) is 5.69 Å². The molecule has 0 aliphatic heterocycles. The Bertz CT molecular complexity index is 641. The molecule has 0 fully saturated rings. The summed E-state index contributed by atoms with van der Waals surface area (Å²) >= 11 is 3.15. The number of hydrogen-bond acceptors (Lipinski definition) is 3. The molecule has 0 unspecified atom stereocenters. The number of amides is 1. The fourth-order valence-corrected chi connectivity index (χ4v) is 1.84. The predicted molar refractivity (Wildman–Crippen MR) is 76.6 cm³/mol. The van der Waals surface area contributed by atoms with E-state index in [4.69, 9.17) is 0 Å². The lowest BCUT2D eigenvalue weighted by Crippen LogP contribution is -2.11. The molecule has 0 aliphatic rings. The summed E-state index contributed by atoms with van der Waals surface area (Å²) < 4.78 is 0.532. The Hall–Kier alpha value is -2.01. The maximum absolute atomic E-state index is 12.0. The van der Waals surface area contributed by atoms with Gasteiger partial charge in [-0.25, -0.2) is 0 Å². The highest BCUT2D eigenvalue weighted by atomic mass is 79.9. The smallest absolute Gasteiger partial charge is 0.255 e. The van der Waals surface area contributed by atoms with E-state index in [1.165, 1.54) is 12.1 Å². The van der Waals surface area contributed by atoms with Crippen LogP contribution in [-0.4, -0.2) is 16.1 Å². The lowest BCUT2D eigenvalue weighted by molar-refractivity contribution is 0.102. The van der Waals surface area contributed by atoms with E-state index < -0.39 is 0 Å². The zero-order valence-electron chi connectivity index (χ0n) is 10.1. The highest BCUT2D eigenvalue weighted by Crippen LogP contribution is 2.25. The average Bonchev–Trinajstić information content (AvgIpc) is 2.37. The summed E-state index contributed by atoms with van der Waals surface area (Å²) in [6, 6.07) is 9.39. The molecule has 4 nitrogen and oxygen atoms in total. The molecule has 0 saturated heterocycles. The molecule has 0 atom stereocenters. The Morgan fingerprint density at radius 2 is 1.84 bits per heavy atom. The fraction of sp³-hybridized carbons (Fsp3) is 0.0714. The summed E-state index contributed by atoms with van der Waals surface area (Å²) in [5.41, 5.74) is 1.62. The molecule has 2 aromatic rings. The van der Waals surface area contributed by atoms with Gasteiger partial charge < -0.3 is 15.5 Å². The highest BCUT2D eigenvalue weighted by molar-refractivity contribution is 9.10. The van der Waals surface area contributed by atoms with Crippen molar-refractivity contribution in [3.63, 3.8) is 0 Å². The lowest BCUT2D eigenvalue weighted by atomic mass is 10.1. The van der Waals surface area contributed by atoms with Crippen molar-refractivity contribution < 1.29 is 15.0 Å². The van der Waals surface area contributed by atoms with Crippen LogP contribution < -0.4 is 5.32 Å². The minimum atomic E-state index is -0.326. The summed E-state index contributed by atoms with van der Waals surface area (Å²) in [6.07, 6.45) is 0. The van der Waals surface area contributed by atoms with Gasteiger partial charge in [-0.05, 0) is 64.8 Å². The summed E-state index contributed by atoms with van der Waals surface area (Å²) in [4.78, 5) is 12.0. The van der Waals surface area contributed by atoms with Gasteiger partial charge in [0.1, 0.15) is 11.5 Å². The number of carbonyl (C=O) groups excluding carboxylic acids is 1. The molecule has 2 aromatic carbocycles. The zero-order valence-corrected chi connectivity index (χ0v) is 11.7. The van der Waals surface area contributed by atoms with E-state index in [-0.39, 0.29) is 17.4 Å². The van der Waals surface area contributed by atoms with Gasteiger partial charge in [-0.1, -0.05) is 0 Å². The van der Waals surface area contributed by atoms with Crippen molar-refractivity contribution in [2.45, 2.75) is 6.92 Å². The Kier molecular flexibility index (Phi) is 3.76. The largest absolute Gasteiger partial charge is 0.508 e. The van der Waals surface area contributed by atoms with E-state index >= 15 is 0 Å². The monoisotopic (exact) mass is 321 g/mol. The van der Waals surface area contributed by atoms with Gasteiger partial charge in [-0.15, -0.1) is 0 Å². The molecule has 0 saturated carbocycles. The second-order valence-electron chi connectivity index (χ2n) is 4.12. The Labute approximate surface area is 118 Å². The number of phenolic OH excluding ortho intramolecular Hbond substituents is 2. The van der Waals surface area contributed by atoms with E-state index in [0.717, 1.165) is 0 Å². The predicted octanol–water partition coefficient (Wildman–Crippen LogP) is 3.42. The molecule has 0 spiro atoms. The molecule has 2 rings (SSSR count). The number of benzene rings is 2. The van der Waals surface area contributed by atoms with Crippen LogP contribution in [0.25, 0.3) is 0 Å². The molecule has 5 heteroatoms. The van der Waals surface area contributed by atoms with Crippen LogP contribution in [0.15, 0.2) is 40.9 Å². The number of nitrogens with one attached hydrogen (secondary N) is 1. The van der Waals surface area contributed by atoms with Gasteiger partial charge in [0.2, 0.25) is 0 Å². The molecule has 0 aromatic heterocycles. The second kappa shape index (κ2) is 5.32. The number of aromatic hydroxyl groups is 2. The minimum absolute atomic E-state index is 0.00883. The Balaban J connectivity index is 2.20. The van der Waals surface area contributed by atoms with Crippen LogP contribution >= 0.6 is 15.9 Å². The van der Waals surface area contributed by atoms with Gasteiger partial charge in [0, 0.05) is 11.3 Å². The SMILES string of the molecule is Cc1cc(NC(=O)c2ccc(Br)c(O)c2)ccc1O. The molecular formula is C14H12BrNO3. The molecule has 1 amide bonds. The number of rotatable bonds is 2. The quantitative estimate of drug-likeness (QED) is 0.742. The first-order valence-electron chi connectivity index (χ1n) is 5.57. The first-order chi connectivity index (χ1) is 8.97. The van der Waals surface area contributed by atoms with E-state index in [9.17, 15) is 15.0 Å². The van der Waals surface area contributed by atoms with Crippen LogP contribution in [0.5, 0.6) is 11.5 Å². The molecule has 0 bridgehead atoms. The van der Waals surface area contributed by atoms with Crippen molar-refractivity contribution in [3.05, 3.63) is 52.0 Å². The summed E-state index contributed by atoms with van der Waals surface area (Å²) in [6.45, 7) is 1.75. The highest BCUT2D eigenvalue weighted by Gasteiger charge is 2.09. The second-order valence-corrected chi connectivity index (χ2v) is 4.98. The van der Waals surface area contributed by atoms with Crippen LogP contribution in [-0.2, 0) is 0 Å². The standard InChI is InChI=1S/C14H12BrNO3/c1-8-6-10(3-5-12(8)17)16-14(19)9-2-4-11(15)13(18)7-9/h2-7,17-18H,1H3,(H,16,19). The third-order valence-corrected chi connectivity index (χ3v) is 3.33. The fourth-order valence-electron chi connectivity index (χ4n) is 1.59. The van der Waals surface area contributed by atoms with Gasteiger partial charge in [0.05, 0.1) is 4.47 Å². The number of halogens is 1. The molecule has 0 heterocycles. The topological polar surface area (TPSA) is 69.6 Å². The number of phenols is 2. The van der Waals surface area contributed by atoms with Gasteiger partial charge in [-0.3, -0.25) is 4.79 Å². The third-order valence-electron chi connectivity index (χ3n) is 2.66. The normalized spacial score (nSPS) is 10.2. The van der Waals surface area contributed by atoms with Crippen molar-refractivity contribution in [3.8, 4) is 11.5 Å². The third kappa shape index (κ3) is 3.06. The average molecular weight is 322 g/mol. The van der Waals surface area contributed by atoms with Gasteiger partial charge in [0.15, 0.2) is 0 Å². The van der Waals surface area contributed by atoms with Crippen LogP contribution in [0.1, 0.15) is 15.9 Å². The van der Waals surface area contributed by atoms with Crippen molar-refractivity contribution in [2.24, 2.45) is 0 Å². The molecule has 3 N–H and O–H groups in total. The number of carbonyl (C=O) groups is 1. The van der Waals surface area contributed by atoms with E-state index in [1.54, 1.807) is 31.2 Å². The van der Waals surface area contributed by atoms with Crippen LogP contribution in [0.2, 0.25) is 0 Å². The minimum Gasteiger partial charge on any atom is -0.508 e. The first-order valence-corrected chi connectivity index (χ1v) is 6.36.